The Morgan fingerprint density at radius 1 is 1.30 bits per heavy atom. The molecule has 4 rings (SSSR count). The van der Waals surface area contributed by atoms with Crippen LogP contribution in [0.3, 0.4) is 0 Å². The molecule has 126 valence electrons. The molecule has 1 heterocycles. The van der Waals surface area contributed by atoms with Gasteiger partial charge in [0.15, 0.2) is 0 Å². The fourth-order valence-electron chi connectivity index (χ4n) is 5.55. The predicted molar refractivity (Wildman–Crippen MR) is 89.8 cm³/mol. The van der Waals surface area contributed by atoms with E-state index >= 15 is 0 Å². The summed E-state index contributed by atoms with van der Waals surface area (Å²) in [4.78, 5) is 0. The number of aliphatic hydroxyl groups excluding tert-OH is 2. The van der Waals surface area contributed by atoms with Gasteiger partial charge < -0.3 is 14.9 Å². The highest BCUT2D eigenvalue weighted by Crippen LogP contribution is 2.64. The van der Waals surface area contributed by atoms with Gasteiger partial charge in [0.25, 0.3) is 0 Å². The molecular formula is C20H28O3. The summed E-state index contributed by atoms with van der Waals surface area (Å²) in [6.45, 7) is 9.02. The molecule has 2 aliphatic carbocycles. The summed E-state index contributed by atoms with van der Waals surface area (Å²) in [6, 6.07) is 4.37. The first-order chi connectivity index (χ1) is 10.8. The highest BCUT2D eigenvalue weighted by Gasteiger charge is 2.62. The smallest absolute Gasteiger partial charge is 0.124 e. The van der Waals surface area contributed by atoms with Crippen LogP contribution in [0.15, 0.2) is 12.1 Å². The number of ether oxygens (including phenoxy) is 1. The monoisotopic (exact) mass is 316 g/mol. The minimum Gasteiger partial charge on any atom is -0.489 e. The van der Waals surface area contributed by atoms with Gasteiger partial charge in [0, 0.05) is 17.6 Å². The van der Waals surface area contributed by atoms with Gasteiger partial charge in [-0.05, 0) is 53.7 Å². The first-order valence-electron chi connectivity index (χ1n) is 8.95. The second-order valence-electron chi connectivity index (χ2n) is 8.68. The van der Waals surface area contributed by atoms with E-state index in [1.165, 1.54) is 11.1 Å². The van der Waals surface area contributed by atoms with Crippen LogP contribution in [0.1, 0.15) is 75.7 Å². The molecule has 2 N–H and O–H groups in total. The summed E-state index contributed by atoms with van der Waals surface area (Å²) >= 11 is 0. The Balaban J connectivity index is 1.94. The third kappa shape index (κ3) is 1.84. The third-order valence-electron chi connectivity index (χ3n) is 7.02. The van der Waals surface area contributed by atoms with Gasteiger partial charge in [-0.25, -0.2) is 0 Å². The lowest BCUT2D eigenvalue weighted by molar-refractivity contribution is -0.0789. The molecule has 0 aromatic heterocycles. The molecule has 1 saturated carbocycles. The van der Waals surface area contributed by atoms with Crippen LogP contribution in [0.4, 0.5) is 0 Å². The molecule has 0 saturated heterocycles. The van der Waals surface area contributed by atoms with Crippen molar-refractivity contribution < 1.29 is 14.9 Å². The standard InChI is InChI=1S/C20H28O3/c1-11(2)12-7-13-14(22)9-16-19(3,10-21)6-5-17-20(16,4)18(13)15(8-12)23-17/h7-8,11,14,16-17,21-22H,5-6,9-10H2,1-4H3/t14-,16+,17+,19+,20-/m1/s1. The second-order valence-corrected chi connectivity index (χ2v) is 8.68. The van der Waals surface area contributed by atoms with Gasteiger partial charge in [-0.1, -0.05) is 33.8 Å². The molecule has 1 fully saturated rings. The van der Waals surface area contributed by atoms with Gasteiger partial charge in [0.2, 0.25) is 0 Å². The molecule has 1 aliphatic heterocycles. The fourth-order valence-corrected chi connectivity index (χ4v) is 5.55. The molecule has 23 heavy (non-hydrogen) atoms. The van der Waals surface area contributed by atoms with Crippen molar-refractivity contribution in [2.45, 2.75) is 70.5 Å². The number of hydrogen-bond donors (Lipinski definition) is 2. The quantitative estimate of drug-likeness (QED) is 0.875. The number of benzene rings is 1. The van der Waals surface area contributed by atoms with E-state index in [-0.39, 0.29) is 29.5 Å². The second kappa shape index (κ2) is 4.73. The molecule has 0 amide bonds. The zero-order chi connectivity index (χ0) is 16.6. The van der Waals surface area contributed by atoms with Crippen molar-refractivity contribution in [2.75, 3.05) is 6.61 Å². The fraction of sp³-hybridized carbons (Fsp3) is 0.700. The van der Waals surface area contributed by atoms with Crippen LogP contribution in [0.2, 0.25) is 0 Å². The van der Waals surface area contributed by atoms with E-state index in [2.05, 4.69) is 39.8 Å². The minimum absolute atomic E-state index is 0.0882. The molecule has 0 spiro atoms. The Morgan fingerprint density at radius 2 is 2.04 bits per heavy atom. The van der Waals surface area contributed by atoms with Crippen LogP contribution >= 0.6 is 0 Å². The lowest BCUT2D eigenvalue weighted by atomic mass is 9.49. The van der Waals surface area contributed by atoms with Crippen LogP contribution in [0, 0.1) is 11.3 Å². The summed E-state index contributed by atoms with van der Waals surface area (Å²) in [5.41, 5.74) is 3.30. The van der Waals surface area contributed by atoms with Crippen molar-refractivity contribution in [3.8, 4) is 5.75 Å². The molecule has 5 atom stereocenters. The minimum atomic E-state index is -0.452. The molecule has 3 aliphatic rings. The van der Waals surface area contributed by atoms with E-state index in [9.17, 15) is 10.2 Å². The molecule has 0 bridgehead atoms. The molecule has 1 aromatic carbocycles. The van der Waals surface area contributed by atoms with Gasteiger partial charge >= 0.3 is 0 Å². The Bertz CT molecular complexity index is 653. The van der Waals surface area contributed by atoms with Crippen molar-refractivity contribution in [1.82, 2.24) is 0 Å². The average Bonchev–Trinajstić information content (AvgIpc) is 2.82. The zero-order valence-corrected chi connectivity index (χ0v) is 14.6. The van der Waals surface area contributed by atoms with Gasteiger partial charge in [0.1, 0.15) is 11.9 Å². The van der Waals surface area contributed by atoms with E-state index in [0.717, 1.165) is 30.6 Å². The van der Waals surface area contributed by atoms with Crippen molar-refractivity contribution >= 4 is 0 Å². The molecule has 0 unspecified atom stereocenters. The van der Waals surface area contributed by atoms with Crippen molar-refractivity contribution in [3.63, 3.8) is 0 Å². The third-order valence-corrected chi connectivity index (χ3v) is 7.02. The largest absolute Gasteiger partial charge is 0.489 e. The van der Waals surface area contributed by atoms with Gasteiger partial charge in [-0.2, -0.15) is 0 Å². The maximum atomic E-state index is 10.9. The summed E-state index contributed by atoms with van der Waals surface area (Å²) in [6.07, 6.45) is 2.39. The highest BCUT2D eigenvalue weighted by atomic mass is 16.5. The first kappa shape index (κ1) is 15.5. The summed E-state index contributed by atoms with van der Waals surface area (Å²) in [5.74, 6) is 1.65. The van der Waals surface area contributed by atoms with Crippen molar-refractivity contribution in [2.24, 2.45) is 11.3 Å². The lowest BCUT2D eigenvalue weighted by Crippen LogP contribution is -2.56. The number of hydrogen-bond acceptors (Lipinski definition) is 3. The Morgan fingerprint density at radius 3 is 2.70 bits per heavy atom. The van der Waals surface area contributed by atoms with Crippen LogP contribution in [-0.4, -0.2) is 22.9 Å². The van der Waals surface area contributed by atoms with Crippen LogP contribution in [0.25, 0.3) is 0 Å². The first-order valence-corrected chi connectivity index (χ1v) is 8.95. The normalized spacial score (nSPS) is 40.9. The molecular weight excluding hydrogens is 288 g/mol. The summed E-state index contributed by atoms with van der Waals surface area (Å²) in [7, 11) is 0. The average molecular weight is 316 g/mol. The predicted octanol–water partition coefficient (Wildman–Crippen LogP) is 3.67. The maximum Gasteiger partial charge on any atom is 0.124 e. The Labute approximate surface area is 138 Å². The van der Waals surface area contributed by atoms with Crippen molar-refractivity contribution in [1.29, 1.82) is 0 Å². The topological polar surface area (TPSA) is 49.7 Å². The van der Waals surface area contributed by atoms with E-state index in [4.69, 9.17) is 4.74 Å². The van der Waals surface area contributed by atoms with Gasteiger partial charge in [0.05, 0.1) is 6.10 Å². The van der Waals surface area contributed by atoms with E-state index in [1.807, 2.05) is 0 Å². The highest BCUT2D eigenvalue weighted by molar-refractivity contribution is 5.56. The van der Waals surface area contributed by atoms with E-state index in [0.29, 0.717) is 5.92 Å². The van der Waals surface area contributed by atoms with Crippen molar-refractivity contribution in [3.05, 3.63) is 28.8 Å². The number of rotatable bonds is 2. The lowest BCUT2D eigenvalue weighted by Gasteiger charge is -2.55. The van der Waals surface area contributed by atoms with E-state index in [1.54, 1.807) is 0 Å². The Kier molecular flexibility index (Phi) is 3.18. The van der Waals surface area contributed by atoms with E-state index < -0.39 is 6.10 Å². The van der Waals surface area contributed by atoms with Crippen LogP contribution < -0.4 is 4.74 Å². The molecule has 0 radical (unpaired) electrons. The van der Waals surface area contributed by atoms with Gasteiger partial charge in [-0.15, -0.1) is 0 Å². The maximum absolute atomic E-state index is 10.9. The molecule has 1 aromatic rings. The zero-order valence-electron chi connectivity index (χ0n) is 14.6. The Hall–Kier alpha value is -1.06. The number of aliphatic hydroxyl groups is 2. The SMILES string of the molecule is CC(C)c1cc2c3c(c1)[C@H](O)C[C@H]1[C@](C)(CO)CC[C@H](O2)[C@]31C. The summed E-state index contributed by atoms with van der Waals surface area (Å²) in [5, 5.41) is 20.9. The molecule has 3 nitrogen and oxygen atoms in total. The van der Waals surface area contributed by atoms with Crippen LogP contribution in [-0.2, 0) is 5.41 Å². The van der Waals surface area contributed by atoms with Crippen LogP contribution in [0.5, 0.6) is 5.75 Å². The van der Waals surface area contributed by atoms with Gasteiger partial charge in [-0.3, -0.25) is 0 Å². The summed E-state index contributed by atoms with van der Waals surface area (Å²) < 4.78 is 6.39. The molecule has 3 heteroatoms.